The summed E-state index contributed by atoms with van der Waals surface area (Å²) < 4.78 is 8.94. The zero-order chi connectivity index (χ0) is 21.5. The molecule has 0 spiro atoms. The van der Waals surface area contributed by atoms with Crippen molar-refractivity contribution in [3.63, 3.8) is 0 Å². The first kappa shape index (κ1) is 17.3. The first-order valence-electron chi connectivity index (χ1n) is 11.4. The van der Waals surface area contributed by atoms with Crippen LogP contribution in [-0.4, -0.2) is 11.3 Å². The molecule has 0 N–H and O–H groups in total. The molecule has 0 radical (unpaired) electrons. The van der Waals surface area contributed by atoms with Crippen LogP contribution in [0.25, 0.3) is 38.6 Å². The minimum atomic E-state index is 0.143. The van der Waals surface area contributed by atoms with Gasteiger partial charge in [-0.25, -0.2) is 0 Å². The Labute approximate surface area is 191 Å². The minimum Gasteiger partial charge on any atom is -0.458 e. The molecule has 0 bridgehead atoms. The third-order valence-electron chi connectivity index (χ3n) is 7.26. The summed E-state index contributed by atoms with van der Waals surface area (Å²) in [7, 11) is 0. The Morgan fingerprint density at radius 2 is 1.36 bits per heavy atom. The number of para-hydroxylation sites is 3. The predicted molar refractivity (Wildman–Crippen MR) is 137 cm³/mol. The summed E-state index contributed by atoms with van der Waals surface area (Å²) in [6, 6.07) is 39.1. The van der Waals surface area contributed by atoms with E-state index in [-0.39, 0.29) is 6.71 Å². The van der Waals surface area contributed by atoms with E-state index >= 15 is 0 Å². The molecule has 2 aliphatic rings. The molecular formula is C30H18BNO. The second-order valence-corrected chi connectivity index (χ2v) is 8.91. The van der Waals surface area contributed by atoms with Crippen LogP contribution in [0.3, 0.4) is 0 Å². The third-order valence-corrected chi connectivity index (χ3v) is 7.26. The van der Waals surface area contributed by atoms with E-state index in [2.05, 4.69) is 114 Å². The predicted octanol–water partition coefficient (Wildman–Crippen LogP) is 5.39. The summed E-state index contributed by atoms with van der Waals surface area (Å²) in [5, 5.41) is 2.56. The van der Waals surface area contributed by atoms with Crippen LogP contribution in [0.1, 0.15) is 0 Å². The number of hydrogen-bond acceptors (Lipinski definition) is 1. The van der Waals surface area contributed by atoms with Crippen molar-refractivity contribution in [2.75, 3.05) is 0 Å². The van der Waals surface area contributed by atoms with Crippen LogP contribution in [0.2, 0.25) is 0 Å². The van der Waals surface area contributed by atoms with E-state index in [1.54, 1.807) is 0 Å². The number of nitrogens with zero attached hydrogens (tertiary/aromatic N) is 1. The lowest BCUT2D eigenvalue weighted by atomic mass is 9.34. The van der Waals surface area contributed by atoms with Gasteiger partial charge in [0.2, 0.25) is 0 Å². The van der Waals surface area contributed by atoms with Crippen LogP contribution in [0.5, 0.6) is 11.5 Å². The summed E-state index contributed by atoms with van der Waals surface area (Å²) in [4.78, 5) is 0. The first-order chi connectivity index (χ1) is 16.4. The molecule has 33 heavy (non-hydrogen) atoms. The van der Waals surface area contributed by atoms with Gasteiger partial charge in [0.1, 0.15) is 11.5 Å². The smallest absolute Gasteiger partial charge is 0.256 e. The molecule has 152 valence electrons. The molecule has 6 aromatic rings. The summed E-state index contributed by atoms with van der Waals surface area (Å²) in [6.45, 7) is 0.143. The van der Waals surface area contributed by atoms with Crippen molar-refractivity contribution in [3.05, 3.63) is 109 Å². The highest BCUT2D eigenvalue weighted by Crippen LogP contribution is 2.40. The standard InChI is InChI=1S/C30H18BNO/c1-2-9-19(10-3-1)20-12-8-14-24-29(20)32-25-15-6-4-11-21(25)22-17-18-27-28(30(22)32)31(24)23-13-5-7-16-26(23)33-27/h1-18H. The van der Waals surface area contributed by atoms with E-state index in [0.717, 1.165) is 11.5 Å². The Kier molecular flexibility index (Phi) is 3.24. The normalized spacial score (nSPS) is 13.0. The van der Waals surface area contributed by atoms with E-state index in [1.165, 1.54) is 55.0 Å². The average Bonchev–Trinajstić information content (AvgIpc) is 3.22. The molecule has 0 atom stereocenters. The maximum Gasteiger partial charge on any atom is 0.256 e. The Morgan fingerprint density at radius 3 is 2.30 bits per heavy atom. The molecule has 3 heterocycles. The van der Waals surface area contributed by atoms with Crippen molar-refractivity contribution in [2.24, 2.45) is 0 Å². The van der Waals surface area contributed by atoms with Gasteiger partial charge in [-0.1, -0.05) is 84.9 Å². The molecule has 0 unspecified atom stereocenters. The maximum absolute atomic E-state index is 6.46. The van der Waals surface area contributed by atoms with Crippen molar-refractivity contribution < 1.29 is 4.74 Å². The average molecular weight is 419 g/mol. The van der Waals surface area contributed by atoms with Gasteiger partial charge < -0.3 is 9.30 Å². The SMILES string of the molecule is c1ccc(-c2cccc3c2-n2c4ccccc4c4ccc5c(c42)B3c2ccccc2O5)cc1. The monoisotopic (exact) mass is 419 g/mol. The molecule has 1 aromatic heterocycles. The van der Waals surface area contributed by atoms with Gasteiger partial charge in [0, 0.05) is 22.0 Å². The zero-order valence-electron chi connectivity index (χ0n) is 17.8. The maximum atomic E-state index is 6.46. The number of ether oxygens (including phenoxy) is 1. The topological polar surface area (TPSA) is 14.2 Å². The molecule has 2 nitrogen and oxygen atoms in total. The van der Waals surface area contributed by atoms with E-state index in [1.807, 2.05) is 0 Å². The fourth-order valence-electron chi connectivity index (χ4n) is 5.97. The number of hydrogen-bond donors (Lipinski definition) is 0. The Morgan fingerprint density at radius 1 is 0.576 bits per heavy atom. The van der Waals surface area contributed by atoms with Crippen LogP contribution in [0, 0.1) is 0 Å². The summed E-state index contributed by atoms with van der Waals surface area (Å²) in [6.07, 6.45) is 0. The number of aromatic nitrogens is 1. The highest BCUT2D eigenvalue weighted by atomic mass is 16.5. The molecule has 8 rings (SSSR count). The van der Waals surface area contributed by atoms with Gasteiger partial charge in [0.05, 0.1) is 11.0 Å². The van der Waals surface area contributed by atoms with E-state index in [0.29, 0.717) is 0 Å². The third kappa shape index (κ3) is 2.14. The van der Waals surface area contributed by atoms with Crippen LogP contribution in [0.15, 0.2) is 109 Å². The van der Waals surface area contributed by atoms with Gasteiger partial charge >= 0.3 is 0 Å². The minimum absolute atomic E-state index is 0.143. The summed E-state index contributed by atoms with van der Waals surface area (Å²) in [5.41, 5.74) is 10.1. The fraction of sp³-hybridized carbons (Fsp3) is 0. The molecule has 3 heteroatoms. The second kappa shape index (κ2) is 6.17. The summed E-state index contributed by atoms with van der Waals surface area (Å²) in [5.74, 6) is 1.92. The van der Waals surface area contributed by atoms with Crippen molar-refractivity contribution in [1.82, 2.24) is 4.57 Å². The molecule has 0 aliphatic carbocycles. The van der Waals surface area contributed by atoms with Crippen molar-refractivity contribution in [3.8, 4) is 28.3 Å². The van der Waals surface area contributed by atoms with Crippen LogP contribution < -0.4 is 21.1 Å². The lowest BCUT2D eigenvalue weighted by Gasteiger charge is -2.33. The molecule has 0 saturated heterocycles. The number of benzene rings is 5. The summed E-state index contributed by atoms with van der Waals surface area (Å²) >= 11 is 0. The molecule has 0 amide bonds. The van der Waals surface area contributed by atoms with Gasteiger partial charge in [-0.2, -0.15) is 0 Å². The van der Waals surface area contributed by atoms with Gasteiger partial charge in [0.25, 0.3) is 6.71 Å². The second-order valence-electron chi connectivity index (χ2n) is 8.91. The molecule has 0 saturated carbocycles. The Hall–Kier alpha value is -4.24. The largest absolute Gasteiger partial charge is 0.458 e. The van der Waals surface area contributed by atoms with Gasteiger partial charge in [-0.15, -0.1) is 0 Å². The number of rotatable bonds is 1. The van der Waals surface area contributed by atoms with E-state index in [9.17, 15) is 0 Å². The van der Waals surface area contributed by atoms with Crippen molar-refractivity contribution in [2.45, 2.75) is 0 Å². The molecule has 0 fully saturated rings. The van der Waals surface area contributed by atoms with Gasteiger partial charge in [0.15, 0.2) is 0 Å². The molecule has 5 aromatic carbocycles. The highest BCUT2D eigenvalue weighted by Gasteiger charge is 2.40. The molecular weight excluding hydrogens is 401 g/mol. The first-order valence-corrected chi connectivity index (χ1v) is 11.4. The van der Waals surface area contributed by atoms with Gasteiger partial charge in [-0.05, 0) is 46.2 Å². The van der Waals surface area contributed by atoms with E-state index in [4.69, 9.17) is 4.74 Å². The van der Waals surface area contributed by atoms with Crippen LogP contribution in [0.4, 0.5) is 0 Å². The lowest BCUT2D eigenvalue weighted by Crippen LogP contribution is -2.58. The molecule has 2 aliphatic heterocycles. The van der Waals surface area contributed by atoms with Crippen molar-refractivity contribution >= 4 is 44.9 Å². The lowest BCUT2D eigenvalue weighted by molar-refractivity contribution is 0.488. The quantitative estimate of drug-likeness (QED) is 0.326. The number of fused-ring (bicyclic) bond motifs is 8. The van der Waals surface area contributed by atoms with E-state index < -0.39 is 0 Å². The van der Waals surface area contributed by atoms with Crippen LogP contribution >= 0.6 is 0 Å². The fourth-order valence-corrected chi connectivity index (χ4v) is 5.97. The van der Waals surface area contributed by atoms with Crippen molar-refractivity contribution in [1.29, 1.82) is 0 Å². The Bertz CT molecular complexity index is 1750. The van der Waals surface area contributed by atoms with Crippen LogP contribution in [-0.2, 0) is 0 Å². The van der Waals surface area contributed by atoms with Gasteiger partial charge in [-0.3, -0.25) is 0 Å². The zero-order valence-corrected chi connectivity index (χ0v) is 17.8. The highest BCUT2D eigenvalue weighted by molar-refractivity contribution is 6.99. The Balaban J connectivity index is 1.62.